The predicted octanol–water partition coefficient (Wildman–Crippen LogP) is 2.45. The lowest BCUT2D eigenvalue weighted by molar-refractivity contribution is 0.0303. The van der Waals surface area contributed by atoms with Crippen LogP contribution in [0.3, 0.4) is 0 Å². The lowest BCUT2D eigenvalue weighted by atomic mass is 10.0. The lowest BCUT2D eigenvalue weighted by Crippen LogP contribution is -2.41. The first-order chi connectivity index (χ1) is 12.7. The van der Waals surface area contributed by atoms with Crippen molar-refractivity contribution in [1.29, 1.82) is 0 Å². The van der Waals surface area contributed by atoms with Crippen LogP contribution in [0, 0.1) is 0 Å². The van der Waals surface area contributed by atoms with Gasteiger partial charge >= 0.3 is 0 Å². The van der Waals surface area contributed by atoms with Crippen LogP contribution in [-0.2, 0) is 4.74 Å². The van der Waals surface area contributed by atoms with Gasteiger partial charge in [0.1, 0.15) is 0 Å². The topological polar surface area (TPSA) is 56.8 Å². The third kappa shape index (κ3) is 2.89. The molecule has 2 aromatic carbocycles. The normalized spacial score (nSPS) is 19.2. The van der Waals surface area contributed by atoms with Crippen LogP contribution in [0.1, 0.15) is 10.4 Å². The smallest absolute Gasteiger partial charge is 0.254 e. The minimum Gasteiger partial charge on any atom is -0.378 e. The molecule has 4 rings (SSSR count). The number of morpholine rings is 1. The Morgan fingerprint density at radius 1 is 1.19 bits per heavy atom. The van der Waals surface area contributed by atoms with Crippen LogP contribution in [0.4, 0.5) is 15.9 Å². The quantitative estimate of drug-likeness (QED) is 0.828. The summed E-state index contributed by atoms with van der Waals surface area (Å²) in [5, 5.41) is 3.14. The summed E-state index contributed by atoms with van der Waals surface area (Å²) in [6, 6.07) is 13.4. The number of para-hydroxylation sites is 1. The maximum atomic E-state index is 13.0. The number of carbonyl (C=O) groups is 1. The van der Waals surface area contributed by atoms with Crippen LogP contribution in [-0.4, -0.2) is 50.4 Å². The molecule has 26 heavy (non-hydrogen) atoms. The SMILES string of the molecule is CN1c2cccc(-c3ccc(C(=O)N4CCOCC4)cc3)c2NC1NF. The summed E-state index contributed by atoms with van der Waals surface area (Å²) in [7, 11) is 1.82. The average molecular weight is 356 g/mol. The molecule has 2 heterocycles. The van der Waals surface area contributed by atoms with Crippen molar-refractivity contribution in [1.82, 2.24) is 10.4 Å². The third-order valence-electron chi connectivity index (χ3n) is 4.94. The highest BCUT2D eigenvalue weighted by Crippen LogP contribution is 2.40. The lowest BCUT2D eigenvalue weighted by Gasteiger charge is -2.26. The van der Waals surface area contributed by atoms with E-state index < -0.39 is 6.29 Å². The van der Waals surface area contributed by atoms with E-state index in [1.807, 2.05) is 54.4 Å². The first kappa shape index (κ1) is 16.8. The van der Waals surface area contributed by atoms with Crippen LogP contribution in [0.15, 0.2) is 42.5 Å². The van der Waals surface area contributed by atoms with E-state index in [0.29, 0.717) is 31.9 Å². The van der Waals surface area contributed by atoms with Gasteiger partial charge in [0.15, 0.2) is 6.29 Å². The molecule has 1 unspecified atom stereocenters. The van der Waals surface area contributed by atoms with E-state index in [2.05, 4.69) is 5.32 Å². The largest absolute Gasteiger partial charge is 0.378 e. The van der Waals surface area contributed by atoms with Gasteiger partial charge in [0, 0.05) is 31.3 Å². The highest BCUT2D eigenvalue weighted by molar-refractivity contribution is 5.96. The van der Waals surface area contributed by atoms with Gasteiger partial charge < -0.3 is 19.9 Å². The van der Waals surface area contributed by atoms with Gasteiger partial charge in [-0.2, -0.15) is 0 Å². The minimum absolute atomic E-state index is 0.0256. The first-order valence-corrected chi connectivity index (χ1v) is 8.65. The molecule has 6 nitrogen and oxygen atoms in total. The molecule has 1 saturated heterocycles. The second-order valence-electron chi connectivity index (χ2n) is 6.45. The Hall–Kier alpha value is -2.64. The molecule has 2 aliphatic rings. The molecule has 2 N–H and O–H groups in total. The van der Waals surface area contributed by atoms with Crippen molar-refractivity contribution in [3.63, 3.8) is 0 Å². The van der Waals surface area contributed by atoms with Crippen molar-refractivity contribution in [2.75, 3.05) is 43.6 Å². The number of nitrogens with one attached hydrogen (secondary N) is 2. The summed E-state index contributed by atoms with van der Waals surface area (Å²) >= 11 is 0. The number of nitrogens with zero attached hydrogens (tertiary/aromatic N) is 2. The highest BCUT2D eigenvalue weighted by Gasteiger charge is 2.28. The number of hydrogen-bond donors (Lipinski definition) is 2. The van der Waals surface area contributed by atoms with E-state index in [1.165, 1.54) is 0 Å². The molecular formula is C19H21FN4O2. The monoisotopic (exact) mass is 356 g/mol. The van der Waals surface area contributed by atoms with E-state index in [-0.39, 0.29) is 5.91 Å². The molecule has 0 spiro atoms. The molecule has 0 aliphatic carbocycles. The summed E-state index contributed by atoms with van der Waals surface area (Å²) in [6.45, 7) is 2.42. The van der Waals surface area contributed by atoms with Crippen molar-refractivity contribution in [2.24, 2.45) is 0 Å². The van der Waals surface area contributed by atoms with Gasteiger partial charge in [-0.05, 0) is 23.8 Å². The number of amides is 1. The number of halogens is 1. The van der Waals surface area contributed by atoms with Gasteiger partial charge in [0.2, 0.25) is 0 Å². The van der Waals surface area contributed by atoms with Crippen LogP contribution >= 0.6 is 0 Å². The zero-order valence-electron chi connectivity index (χ0n) is 14.5. The van der Waals surface area contributed by atoms with Crippen LogP contribution in [0.25, 0.3) is 11.1 Å². The molecule has 0 bridgehead atoms. The maximum Gasteiger partial charge on any atom is 0.254 e. The maximum absolute atomic E-state index is 13.0. The Balaban J connectivity index is 1.60. The first-order valence-electron chi connectivity index (χ1n) is 8.65. The summed E-state index contributed by atoms with van der Waals surface area (Å²) < 4.78 is 18.3. The number of ether oxygens (including phenoxy) is 1. The van der Waals surface area contributed by atoms with Crippen LogP contribution in [0.2, 0.25) is 0 Å². The van der Waals surface area contributed by atoms with Gasteiger partial charge in [-0.1, -0.05) is 24.3 Å². The van der Waals surface area contributed by atoms with Crippen molar-refractivity contribution in [3.05, 3.63) is 48.0 Å². The van der Waals surface area contributed by atoms with Gasteiger partial charge in [0.25, 0.3) is 5.91 Å². The van der Waals surface area contributed by atoms with Crippen molar-refractivity contribution >= 4 is 17.3 Å². The van der Waals surface area contributed by atoms with Gasteiger partial charge in [-0.15, -0.1) is 10.0 Å². The molecule has 0 saturated carbocycles. The van der Waals surface area contributed by atoms with E-state index in [0.717, 1.165) is 22.5 Å². The summed E-state index contributed by atoms with van der Waals surface area (Å²) in [4.78, 5) is 16.2. The van der Waals surface area contributed by atoms with E-state index in [4.69, 9.17) is 4.74 Å². The fraction of sp³-hybridized carbons (Fsp3) is 0.316. The minimum atomic E-state index is -0.590. The number of rotatable bonds is 3. The fourth-order valence-corrected chi connectivity index (χ4v) is 3.44. The van der Waals surface area contributed by atoms with Gasteiger partial charge in [0.05, 0.1) is 24.6 Å². The van der Waals surface area contributed by atoms with E-state index in [9.17, 15) is 9.28 Å². The number of carbonyl (C=O) groups excluding carboxylic acids is 1. The van der Waals surface area contributed by atoms with Crippen molar-refractivity contribution < 1.29 is 14.0 Å². The average Bonchev–Trinajstić information content (AvgIpc) is 3.04. The van der Waals surface area contributed by atoms with E-state index >= 15 is 0 Å². The second-order valence-corrected chi connectivity index (χ2v) is 6.45. The second kappa shape index (κ2) is 6.93. The third-order valence-corrected chi connectivity index (χ3v) is 4.94. The van der Waals surface area contributed by atoms with Crippen molar-refractivity contribution in [2.45, 2.75) is 6.29 Å². The van der Waals surface area contributed by atoms with Crippen LogP contribution in [0.5, 0.6) is 0 Å². The molecule has 1 fully saturated rings. The molecule has 136 valence electrons. The standard InChI is InChI=1S/C19H21FN4O2/c1-23-16-4-2-3-15(17(16)21-19(23)22-20)13-5-7-14(8-6-13)18(25)24-9-11-26-12-10-24/h2-8,19,21-22H,9-12H2,1H3. The predicted molar refractivity (Wildman–Crippen MR) is 98.7 cm³/mol. The Bertz CT molecular complexity index is 806. The summed E-state index contributed by atoms with van der Waals surface area (Å²) in [5.74, 6) is 0.0256. The highest BCUT2D eigenvalue weighted by atomic mass is 19.2. The van der Waals surface area contributed by atoms with E-state index in [1.54, 1.807) is 10.4 Å². The summed E-state index contributed by atoms with van der Waals surface area (Å²) in [6.07, 6.45) is -0.590. The molecule has 2 aromatic rings. The molecule has 1 amide bonds. The Morgan fingerprint density at radius 2 is 1.92 bits per heavy atom. The Morgan fingerprint density at radius 3 is 2.62 bits per heavy atom. The molecule has 2 aliphatic heterocycles. The summed E-state index contributed by atoms with van der Waals surface area (Å²) in [5.41, 5.74) is 6.16. The molecular weight excluding hydrogens is 335 g/mol. The zero-order valence-corrected chi connectivity index (χ0v) is 14.5. The van der Waals surface area contributed by atoms with Crippen LogP contribution < -0.4 is 15.8 Å². The Kier molecular flexibility index (Phi) is 4.48. The van der Waals surface area contributed by atoms with Gasteiger partial charge in [-0.3, -0.25) is 4.79 Å². The molecule has 0 radical (unpaired) electrons. The molecule has 7 heteroatoms. The molecule has 0 aromatic heterocycles. The van der Waals surface area contributed by atoms with Crippen molar-refractivity contribution in [3.8, 4) is 11.1 Å². The fourth-order valence-electron chi connectivity index (χ4n) is 3.44. The molecule has 1 atom stereocenters. The number of benzene rings is 2. The Labute approximate surface area is 151 Å². The number of fused-ring (bicyclic) bond motifs is 1. The number of anilines is 2. The zero-order chi connectivity index (χ0) is 18.1. The van der Waals surface area contributed by atoms with Gasteiger partial charge in [-0.25, -0.2) is 0 Å². The number of hydrogen-bond acceptors (Lipinski definition) is 5.